The smallest absolute Gasteiger partial charge is 0.160 e. The summed E-state index contributed by atoms with van der Waals surface area (Å²) in [6.07, 6.45) is 3.15. The lowest BCUT2D eigenvalue weighted by molar-refractivity contribution is -0.172. The van der Waals surface area contributed by atoms with E-state index in [9.17, 15) is 10.0 Å². The van der Waals surface area contributed by atoms with Crippen molar-refractivity contribution in [2.24, 2.45) is 0 Å². The Morgan fingerprint density at radius 3 is 2.87 bits per heavy atom. The molecular weight excluding hydrogens is 194 g/mol. The molecule has 0 aromatic rings. The Morgan fingerprint density at radius 2 is 2.33 bits per heavy atom. The molecule has 1 N–H and O–H groups in total. The summed E-state index contributed by atoms with van der Waals surface area (Å²) in [4.78, 5) is 11.7. The number of morpholine rings is 1. The Balaban J connectivity index is 2.78. The molecule has 1 rings (SSSR count). The quantitative estimate of drug-likeness (QED) is 0.717. The maximum atomic E-state index is 11.7. The monoisotopic (exact) mass is 213 g/mol. The normalized spacial score (nSPS) is 24.2. The van der Waals surface area contributed by atoms with E-state index in [-0.39, 0.29) is 11.8 Å². The van der Waals surface area contributed by atoms with Gasteiger partial charge in [-0.15, -0.1) is 0 Å². The van der Waals surface area contributed by atoms with Crippen LogP contribution in [0.5, 0.6) is 0 Å². The fraction of sp³-hybridized carbons (Fsp3) is 0.727. The average Bonchev–Trinajstić information content (AvgIpc) is 2.26. The summed E-state index contributed by atoms with van der Waals surface area (Å²) in [5.41, 5.74) is 0.683. The Morgan fingerprint density at radius 1 is 1.60 bits per heavy atom. The average molecular weight is 213 g/mol. The molecule has 0 aromatic heterocycles. The van der Waals surface area contributed by atoms with Crippen LogP contribution >= 0.6 is 0 Å². The van der Waals surface area contributed by atoms with Gasteiger partial charge in [-0.1, -0.05) is 19.9 Å². The van der Waals surface area contributed by atoms with Gasteiger partial charge in [-0.3, -0.25) is 4.79 Å². The van der Waals surface area contributed by atoms with Crippen LogP contribution in [0.3, 0.4) is 0 Å². The molecule has 0 aromatic carbocycles. The van der Waals surface area contributed by atoms with Crippen molar-refractivity contribution in [3.05, 3.63) is 11.6 Å². The third kappa shape index (κ3) is 3.12. The SMILES string of the molecule is CC/C=C(\C(=O)CC)C1COCCN1O. The Labute approximate surface area is 90.5 Å². The van der Waals surface area contributed by atoms with Gasteiger partial charge >= 0.3 is 0 Å². The van der Waals surface area contributed by atoms with Crippen molar-refractivity contribution in [3.8, 4) is 0 Å². The van der Waals surface area contributed by atoms with Gasteiger partial charge in [0.05, 0.1) is 19.3 Å². The van der Waals surface area contributed by atoms with Crippen LogP contribution in [-0.2, 0) is 9.53 Å². The first kappa shape index (κ1) is 12.4. The Kier molecular flexibility index (Phi) is 4.94. The van der Waals surface area contributed by atoms with E-state index in [2.05, 4.69) is 0 Å². The van der Waals surface area contributed by atoms with E-state index >= 15 is 0 Å². The van der Waals surface area contributed by atoms with Gasteiger partial charge in [-0.2, -0.15) is 5.06 Å². The van der Waals surface area contributed by atoms with Crippen LogP contribution in [0.4, 0.5) is 0 Å². The van der Waals surface area contributed by atoms with Gasteiger partial charge in [0.25, 0.3) is 0 Å². The van der Waals surface area contributed by atoms with E-state index in [0.717, 1.165) is 6.42 Å². The number of hydroxylamine groups is 2. The molecule has 0 bridgehead atoms. The molecule has 0 spiro atoms. The fourth-order valence-corrected chi connectivity index (χ4v) is 1.70. The third-order valence-corrected chi connectivity index (χ3v) is 2.53. The molecule has 4 nitrogen and oxygen atoms in total. The molecule has 4 heteroatoms. The number of ketones is 1. The fourth-order valence-electron chi connectivity index (χ4n) is 1.70. The maximum absolute atomic E-state index is 11.7. The van der Waals surface area contributed by atoms with Crippen molar-refractivity contribution in [3.63, 3.8) is 0 Å². The van der Waals surface area contributed by atoms with Crippen molar-refractivity contribution in [2.45, 2.75) is 32.7 Å². The van der Waals surface area contributed by atoms with E-state index in [4.69, 9.17) is 4.74 Å². The van der Waals surface area contributed by atoms with E-state index in [1.807, 2.05) is 19.9 Å². The number of allylic oxidation sites excluding steroid dienone is 1. The summed E-state index contributed by atoms with van der Waals surface area (Å²) in [6, 6.07) is -0.286. The van der Waals surface area contributed by atoms with Gasteiger partial charge in [0.1, 0.15) is 0 Å². The Hall–Kier alpha value is -0.710. The van der Waals surface area contributed by atoms with Crippen LogP contribution in [0.25, 0.3) is 0 Å². The molecule has 0 radical (unpaired) electrons. The van der Waals surface area contributed by atoms with Crippen molar-refractivity contribution in [1.29, 1.82) is 0 Å². The second-order valence-corrected chi connectivity index (χ2v) is 3.60. The molecule has 1 saturated heterocycles. The van der Waals surface area contributed by atoms with Crippen LogP contribution in [0.1, 0.15) is 26.7 Å². The van der Waals surface area contributed by atoms with Crippen LogP contribution < -0.4 is 0 Å². The predicted octanol–water partition coefficient (Wildman–Crippen LogP) is 1.39. The second-order valence-electron chi connectivity index (χ2n) is 3.60. The zero-order chi connectivity index (χ0) is 11.3. The third-order valence-electron chi connectivity index (χ3n) is 2.53. The van der Waals surface area contributed by atoms with Crippen LogP contribution in [0.15, 0.2) is 11.6 Å². The first-order valence-electron chi connectivity index (χ1n) is 5.47. The van der Waals surface area contributed by atoms with Gasteiger partial charge in [0.2, 0.25) is 0 Å². The molecule has 1 heterocycles. The van der Waals surface area contributed by atoms with Gasteiger partial charge in [0.15, 0.2) is 5.78 Å². The number of hydrogen-bond donors (Lipinski definition) is 1. The zero-order valence-electron chi connectivity index (χ0n) is 9.40. The molecule has 1 atom stereocenters. The highest BCUT2D eigenvalue weighted by Crippen LogP contribution is 2.16. The minimum Gasteiger partial charge on any atom is -0.378 e. The summed E-state index contributed by atoms with van der Waals surface area (Å²) in [7, 11) is 0. The number of carbonyl (C=O) groups is 1. The summed E-state index contributed by atoms with van der Waals surface area (Å²) in [6.45, 7) is 5.19. The maximum Gasteiger partial charge on any atom is 0.160 e. The highest BCUT2D eigenvalue weighted by Gasteiger charge is 2.27. The topological polar surface area (TPSA) is 49.8 Å². The number of nitrogens with zero attached hydrogens (tertiary/aromatic N) is 1. The second kappa shape index (κ2) is 6.00. The van der Waals surface area contributed by atoms with Crippen LogP contribution in [0, 0.1) is 0 Å². The predicted molar refractivity (Wildman–Crippen MR) is 56.8 cm³/mol. The summed E-state index contributed by atoms with van der Waals surface area (Å²) >= 11 is 0. The van der Waals surface area contributed by atoms with Gasteiger partial charge in [-0.05, 0) is 6.42 Å². The minimum atomic E-state index is -0.286. The number of hydrogen-bond acceptors (Lipinski definition) is 4. The summed E-state index contributed by atoms with van der Waals surface area (Å²) < 4.78 is 5.28. The van der Waals surface area contributed by atoms with E-state index < -0.39 is 0 Å². The standard InChI is InChI=1S/C11H19NO3/c1-3-5-9(11(13)4-2)10-8-15-7-6-12(10)14/h5,10,14H,3-4,6-8H2,1-2H3/b9-5-. The molecule has 0 saturated carbocycles. The lowest BCUT2D eigenvalue weighted by atomic mass is 9.99. The molecule has 1 unspecified atom stereocenters. The first-order valence-corrected chi connectivity index (χ1v) is 5.47. The highest BCUT2D eigenvalue weighted by molar-refractivity contribution is 5.96. The number of ether oxygens (including phenoxy) is 1. The van der Waals surface area contributed by atoms with Crippen molar-refractivity contribution < 1.29 is 14.7 Å². The van der Waals surface area contributed by atoms with Crippen molar-refractivity contribution >= 4 is 5.78 Å². The molecular formula is C11H19NO3. The highest BCUT2D eigenvalue weighted by atomic mass is 16.5. The lowest BCUT2D eigenvalue weighted by Gasteiger charge is -2.31. The van der Waals surface area contributed by atoms with Gasteiger partial charge < -0.3 is 9.94 Å². The molecule has 1 aliphatic heterocycles. The zero-order valence-corrected chi connectivity index (χ0v) is 9.40. The first-order chi connectivity index (χ1) is 7.20. The van der Waals surface area contributed by atoms with E-state index in [1.54, 1.807) is 0 Å². The molecule has 0 aliphatic carbocycles. The van der Waals surface area contributed by atoms with Crippen molar-refractivity contribution in [1.82, 2.24) is 5.06 Å². The summed E-state index contributed by atoms with van der Waals surface area (Å²) in [5.74, 6) is 0.0893. The van der Waals surface area contributed by atoms with Gasteiger partial charge in [0, 0.05) is 18.5 Å². The number of Topliss-reactive ketones (excluding diaryl/α,β-unsaturated/α-hetero) is 1. The van der Waals surface area contributed by atoms with Crippen LogP contribution in [-0.4, -0.2) is 41.9 Å². The molecule has 86 valence electrons. The lowest BCUT2D eigenvalue weighted by Crippen LogP contribution is -2.45. The minimum absolute atomic E-state index is 0.0893. The van der Waals surface area contributed by atoms with Gasteiger partial charge in [-0.25, -0.2) is 0 Å². The van der Waals surface area contributed by atoms with Crippen molar-refractivity contribution in [2.75, 3.05) is 19.8 Å². The summed E-state index contributed by atoms with van der Waals surface area (Å²) in [5, 5.41) is 10.9. The van der Waals surface area contributed by atoms with Crippen LogP contribution in [0.2, 0.25) is 0 Å². The molecule has 15 heavy (non-hydrogen) atoms. The molecule has 1 aliphatic rings. The van der Waals surface area contributed by atoms with E-state index in [0.29, 0.717) is 31.8 Å². The molecule has 0 amide bonds. The molecule has 1 fully saturated rings. The number of rotatable bonds is 4. The Bertz CT molecular complexity index is 250. The number of carbonyl (C=O) groups excluding carboxylic acids is 1. The largest absolute Gasteiger partial charge is 0.378 e. The van der Waals surface area contributed by atoms with E-state index in [1.165, 1.54) is 5.06 Å².